The van der Waals surface area contributed by atoms with Crippen LogP contribution in [0.5, 0.6) is 0 Å². The summed E-state index contributed by atoms with van der Waals surface area (Å²) in [6.07, 6.45) is 5.20. The van der Waals surface area contributed by atoms with E-state index in [1.54, 1.807) is 0 Å². The largest absolute Gasteiger partial charge is 0.443 e. The smallest absolute Gasteiger partial charge is 0.181 e. The lowest BCUT2D eigenvalue weighted by Gasteiger charge is -2.60. The van der Waals surface area contributed by atoms with Crippen molar-refractivity contribution in [1.82, 2.24) is 4.98 Å². The van der Waals surface area contributed by atoms with Crippen LogP contribution in [0.3, 0.4) is 0 Å². The van der Waals surface area contributed by atoms with Gasteiger partial charge in [0, 0.05) is 5.41 Å². The Balaban J connectivity index is 1.83. The Bertz CT molecular complexity index is 606. The van der Waals surface area contributed by atoms with Crippen LogP contribution < -0.4 is 5.73 Å². The van der Waals surface area contributed by atoms with E-state index in [0.717, 1.165) is 30.9 Å². The van der Waals surface area contributed by atoms with Crippen molar-refractivity contribution in [2.45, 2.75) is 24.7 Å². The minimum atomic E-state index is 0.0843. The zero-order chi connectivity index (χ0) is 12.9. The van der Waals surface area contributed by atoms with E-state index < -0.39 is 0 Å². The van der Waals surface area contributed by atoms with E-state index in [1.807, 2.05) is 6.07 Å². The third-order valence-corrected chi connectivity index (χ3v) is 5.30. The van der Waals surface area contributed by atoms with Crippen LogP contribution in [0, 0.1) is 5.41 Å². The van der Waals surface area contributed by atoms with Crippen molar-refractivity contribution in [2.24, 2.45) is 11.1 Å². The van der Waals surface area contributed by atoms with Crippen LogP contribution in [0.2, 0.25) is 0 Å². The van der Waals surface area contributed by atoms with Gasteiger partial charge < -0.3 is 14.9 Å². The van der Waals surface area contributed by atoms with Gasteiger partial charge in [-0.25, -0.2) is 4.98 Å². The van der Waals surface area contributed by atoms with E-state index in [2.05, 4.69) is 17.1 Å². The second-order valence-corrected chi connectivity index (χ2v) is 5.95. The van der Waals surface area contributed by atoms with Crippen molar-refractivity contribution in [1.29, 1.82) is 0 Å². The molecule has 1 aliphatic carbocycles. The molecule has 100 valence electrons. The average Bonchev–Trinajstić information content (AvgIpc) is 2.78. The van der Waals surface area contributed by atoms with Gasteiger partial charge in [0.1, 0.15) is 5.52 Å². The molecule has 2 aromatic rings. The SMILES string of the molecule is NCC1(C2(c3ccc4ncoc4c3)COC2)CCC1. The number of nitrogens with two attached hydrogens (primary N) is 1. The lowest BCUT2D eigenvalue weighted by Crippen LogP contribution is -2.64. The van der Waals surface area contributed by atoms with Crippen molar-refractivity contribution in [3.8, 4) is 0 Å². The molecule has 0 spiro atoms. The molecule has 0 bridgehead atoms. The van der Waals surface area contributed by atoms with Crippen molar-refractivity contribution in [2.75, 3.05) is 19.8 Å². The second-order valence-electron chi connectivity index (χ2n) is 5.95. The van der Waals surface area contributed by atoms with E-state index in [1.165, 1.54) is 31.2 Å². The highest BCUT2D eigenvalue weighted by Gasteiger charge is 2.58. The summed E-state index contributed by atoms with van der Waals surface area (Å²) in [6.45, 7) is 2.30. The molecule has 0 unspecified atom stereocenters. The Kier molecular flexibility index (Phi) is 2.29. The van der Waals surface area contributed by atoms with E-state index in [9.17, 15) is 0 Å². The molecule has 0 radical (unpaired) electrons. The topological polar surface area (TPSA) is 61.3 Å². The average molecular weight is 258 g/mol. The fourth-order valence-electron chi connectivity index (χ4n) is 3.72. The fourth-order valence-corrected chi connectivity index (χ4v) is 3.72. The van der Waals surface area contributed by atoms with Crippen LogP contribution in [0.15, 0.2) is 29.0 Å². The minimum Gasteiger partial charge on any atom is -0.443 e. The third-order valence-electron chi connectivity index (χ3n) is 5.30. The molecular formula is C15H18N2O2. The molecule has 0 atom stereocenters. The van der Waals surface area contributed by atoms with Crippen LogP contribution in [-0.4, -0.2) is 24.7 Å². The molecule has 1 saturated carbocycles. The normalized spacial score (nSPS) is 23.8. The Hall–Kier alpha value is -1.39. The third kappa shape index (κ3) is 1.33. The van der Waals surface area contributed by atoms with Crippen LogP contribution in [0.25, 0.3) is 11.1 Å². The maximum Gasteiger partial charge on any atom is 0.181 e. The molecule has 1 aromatic heterocycles. The van der Waals surface area contributed by atoms with Gasteiger partial charge in [-0.05, 0) is 42.5 Å². The molecule has 4 nitrogen and oxygen atoms in total. The summed E-state index contributed by atoms with van der Waals surface area (Å²) in [5, 5.41) is 0. The first kappa shape index (κ1) is 11.4. The first-order valence-electron chi connectivity index (χ1n) is 6.91. The van der Waals surface area contributed by atoms with E-state index in [4.69, 9.17) is 14.9 Å². The van der Waals surface area contributed by atoms with E-state index in [0.29, 0.717) is 0 Å². The maximum absolute atomic E-state index is 6.10. The minimum absolute atomic E-state index is 0.0843. The molecule has 2 fully saturated rings. The maximum atomic E-state index is 6.10. The number of aromatic nitrogens is 1. The molecule has 4 heteroatoms. The first-order chi connectivity index (χ1) is 9.30. The molecule has 19 heavy (non-hydrogen) atoms. The number of hydrogen-bond donors (Lipinski definition) is 1. The van der Waals surface area contributed by atoms with Crippen molar-refractivity contribution >= 4 is 11.1 Å². The Labute approximate surface area is 111 Å². The van der Waals surface area contributed by atoms with Gasteiger partial charge in [-0.2, -0.15) is 0 Å². The highest BCUT2D eigenvalue weighted by Crippen LogP contribution is 2.57. The molecule has 1 aromatic carbocycles. The number of fused-ring (bicyclic) bond motifs is 1. The zero-order valence-corrected chi connectivity index (χ0v) is 10.9. The second kappa shape index (κ2) is 3.81. The zero-order valence-electron chi connectivity index (χ0n) is 10.9. The summed E-state index contributed by atoms with van der Waals surface area (Å²) < 4.78 is 11.0. The van der Waals surface area contributed by atoms with Gasteiger partial charge in [0.05, 0.1) is 13.2 Å². The highest BCUT2D eigenvalue weighted by atomic mass is 16.5. The molecule has 4 rings (SSSR count). The number of ether oxygens (including phenoxy) is 1. The summed E-state index contributed by atoms with van der Waals surface area (Å²) in [6, 6.07) is 6.33. The van der Waals surface area contributed by atoms with Crippen molar-refractivity contribution in [3.05, 3.63) is 30.2 Å². The predicted molar refractivity (Wildman–Crippen MR) is 71.8 cm³/mol. The number of benzene rings is 1. The molecule has 1 saturated heterocycles. The summed E-state index contributed by atoms with van der Waals surface area (Å²) >= 11 is 0. The Morgan fingerprint density at radius 3 is 2.68 bits per heavy atom. The van der Waals surface area contributed by atoms with E-state index in [-0.39, 0.29) is 10.8 Å². The Morgan fingerprint density at radius 2 is 2.11 bits per heavy atom. The summed E-state index contributed by atoms with van der Waals surface area (Å²) in [7, 11) is 0. The fraction of sp³-hybridized carbons (Fsp3) is 0.533. The van der Waals surface area contributed by atoms with Crippen molar-refractivity contribution < 1.29 is 9.15 Å². The van der Waals surface area contributed by atoms with Crippen molar-refractivity contribution in [3.63, 3.8) is 0 Å². The van der Waals surface area contributed by atoms with Crippen LogP contribution in [0.4, 0.5) is 0 Å². The summed E-state index contributed by atoms with van der Waals surface area (Å²) in [4.78, 5) is 4.18. The molecular weight excluding hydrogens is 240 g/mol. The molecule has 2 N–H and O–H groups in total. The van der Waals surface area contributed by atoms with Gasteiger partial charge in [0.15, 0.2) is 12.0 Å². The van der Waals surface area contributed by atoms with Gasteiger partial charge in [-0.3, -0.25) is 0 Å². The van der Waals surface area contributed by atoms with Crippen LogP contribution in [0.1, 0.15) is 24.8 Å². The first-order valence-corrected chi connectivity index (χ1v) is 6.91. The highest BCUT2D eigenvalue weighted by molar-refractivity contribution is 5.73. The molecule has 2 aliphatic rings. The standard InChI is InChI=1S/C15H18N2O2/c16-7-14(4-1-5-14)15(8-18-9-15)11-2-3-12-13(6-11)19-10-17-12/h2-3,6,10H,1,4-5,7-9,16H2. The van der Waals surface area contributed by atoms with Gasteiger partial charge in [-0.15, -0.1) is 0 Å². The predicted octanol–water partition coefficient (Wildman–Crippen LogP) is 2.22. The van der Waals surface area contributed by atoms with Gasteiger partial charge in [0.2, 0.25) is 0 Å². The lowest BCUT2D eigenvalue weighted by molar-refractivity contribution is -0.153. The quantitative estimate of drug-likeness (QED) is 0.917. The number of hydrogen-bond acceptors (Lipinski definition) is 4. The van der Waals surface area contributed by atoms with E-state index >= 15 is 0 Å². The molecule has 0 amide bonds. The Morgan fingerprint density at radius 1 is 1.26 bits per heavy atom. The van der Waals surface area contributed by atoms with Crippen LogP contribution in [-0.2, 0) is 10.2 Å². The van der Waals surface area contributed by atoms with Crippen LogP contribution >= 0.6 is 0 Å². The molecule has 1 aliphatic heterocycles. The number of rotatable bonds is 3. The van der Waals surface area contributed by atoms with Gasteiger partial charge in [0.25, 0.3) is 0 Å². The lowest BCUT2D eigenvalue weighted by atomic mass is 9.50. The summed E-state index contributed by atoms with van der Waals surface area (Å²) in [5.74, 6) is 0. The summed E-state index contributed by atoms with van der Waals surface area (Å²) in [5.41, 5.74) is 9.48. The van der Waals surface area contributed by atoms with Gasteiger partial charge >= 0.3 is 0 Å². The van der Waals surface area contributed by atoms with Gasteiger partial charge in [-0.1, -0.05) is 12.5 Å². The number of nitrogens with zero attached hydrogens (tertiary/aromatic N) is 1. The monoisotopic (exact) mass is 258 g/mol. The molecule has 2 heterocycles. The number of oxazole rings is 1.